The third-order valence-electron chi connectivity index (χ3n) is 13.5. The molecule has 1 aliphatic heterocycles. The zero-order chi connectivity index (χ0) is 54.3. The SMILES string of the molecule is CC/C=C\C/C=C\C/C=C\C/C=C\C/C=C\C/C=C\C/C=C\CCCCCCCCCCCCCCCCCCCCCC(=O)NC(COC1OC(CO)C(O)C(O)C1O)C(O)/C=C/CC/C=C/CC/C=C/CCC. The molecule has 9 nitrogen and oxygen atoms in total. The first kappa shape index (κ1) is 69.6. The van der Waals surface area contributed by atoms with E-state index in [9.17, 15) is 30.3 Å². The van der Waals surface area contributed by atoms with Crippen molar-refractivity contribution in [3.63, 3.8) is 0 Å². The number of rotatable bonds is 50. The van der Waals surface area contributed by atoms with Gasteiger partial charge in [0.25, 0.3) is 0 Å². The lowest BCUT2D eigenvalue weighted by Crippen LogP contribution is -2.60. The number of ether oxygens (including phenoxy) is 2. The minimum atomic E-state index is -1.58. The lowest BCUT2D eigenvalue weighted by Gasteiger charge is -2.40. The van der Waals surface area contributed by atoms with Crippen molar-refractivity contribution in [1.82, 2.24) is 5.32 Å². The van der Waals surface area contributed by atoms with E-state index in [-0.39, 0.29) is 12.5 Å². The third kappa shape index (κ3) is 43.3. The predicted octanol–water partition coefficient (Wildman–Crippen LogP) is 15.5. The van der Waals surface area contributed by atoms with Gasteiger partial charge in [-0.05, 0) is 96.3 Å². The number of carbonyl (C=O) groups excluding carboxylic acids is 1. The average molecular weight is 1050 g/mol. The number of amides is 1. The molecule has 1 heterocycles. The molecule has 6 N–H and O–H groups in total. The number of aliphatic hydroxyl groups is 5. The van der Waals surface area contributed by atoms with Crippen molar-refractivity contribution < 1.29 is 39.8 Å². The minimum absolute atomic E-state index is 0.195. The molecular formula is C66H111NO8. The van der Waals surface area contributed by atoms with Gasteiger partial charge in [0.2, 0.25) is 5.91 Å². The van der Waals surface area contributed by atoms with Gasteiger partial charge in [-0.2, -0.15) is 0 Å². The molecule has 0 bridgehead atoms. The maximum atomic E-state index is 13.0. The molecule has 0 saturated carbocycles. The van der Waals surface area contributed by atoms with Crippen LogP contribution in [0.3, 0.4) is 0 Å². The summed E-state index contributed by atoms with van der Waals surface area (Å²) >= 11 is 0. The highest BCUT2D eigenvalue weighted by molar-refractivity contribution is 5.76. The molecule has 1 rings (SSSR count). The van der Waals surface area contributed by atoms with Gasteiger partial charge in [0.1, 0.15) is 24.4 Å². The number of aliphatic hydroxyl groups excluding tert-OH is 5. The largest absolute Gasteiger partial charge is 0.394 e. The van der Waals surface area contributed by atoms with Crippen LogP contribution in [0.1, 0.15) is 232 Å². The zero-order valence-electron chi connectivity index (χ0n) is 47.5. The minimum Gasteiger partial charge on any atom is -0.394 e. The first-order valence-electron chi connectivity index (χ1n) is 30.3. The molecule has 428 valence electrons. The van der Waals surface area contributed by atoms with Gasteiger partial charge >= 0.3 is 0 Å². The van der Waals surface area contributed by atoms with Gasteiger partial charge in [0.05, 0.1) is 25.4 Å². The summed E-state index contributed by atoms with van der Waals surface area (Å²) in [4.78, 5) is 13.0. The van der Waals surface area contributed by atoms with Crippen molar-refractivity contribution in [2.75, 3.05) is 13.2 Å². The van der Waals surface area contributed by atoms with E-state index in [1.165, 1.54) is 109 Å². The molecule has 0 radical (unpaired) electrons. The van der Waals surface area contributed by atoms with Crippen LogP contribution in [-0.4, -0.2) is 87.5 Å². The van der Waals surface area contributed by atoms with Gasteiger partial charge < -0.3 is 40.3 Å². The van der Waals surface area contributed by atoms with Crippen LogP contribution in [0, 0.1) is 0 Å². The number of allylic oxidation sites excluding steroid dienone is 19. The van der Waals surface area contributed by atoms with E-state index in [0.29, 0.717) is 6.42 Å². The smallest absolute Gasteiger partial charge is 0.220 e. The van der Waals surface area contributed by atoms with Crippen molar-refractivity contribution in [3.05, 3.63) is 122 Å². The van der Waals surface area contributed by atoms with Gasteiger partial charge in [-0.25, -0.2) is 0 Å². The quantitative estimate of drug-likeness (QED) is 0.0261. The van der Waals surface area contributed by atoms with Gasteiger partial charge in [-0.3, -0.25) is 4.79 Å². The average Bonchev–Trinajstić information content (AvgIpc) is 3.41. The van der Waals surface area contributed by atoms with E-state index < -0.39 is 49.5 Å². The first-order valence-corrected chi connectivity index (χ1v) is 30.3. The molecule has 75 heavy (non-hydrogen) atoms. The fourth-order valence-corrected chi connectivity index (χ4v) is 8.76. The normalized spacial score (nSPS) is 19.8. The monoisotopic (exact) mass is 1050 g/mol. The van der Waals surface area contributed by atoms with Crippen molar-refractivity contribution >= 4 is 5.91 Å². The second-order valence-corrected chi connectivity index (χ2v) is 20.4. The van der Waals surface area contributed by atoms with Crippen LogP contribution >= 0.6 is 0 Å². The Morgan fingerprint density at radius 2 is 0.840 bits per heavy atom. The van der Waals surface area contributed by atoms with Crippen molar-refractivity contribution in [3.8, 4) is 0 Å². The van der Waals surface area contributed by atoms with Crippen molar-refractivity contribution in [2.45, 2.75) is 275 Å². The Labute approximate surface area is 458 Å². The lowest BCUT2D eigenvalue weighted by molar-refractivity contribution is -0.302. The Balaban J connectivity index is 2.05. The van der Waals surface area contributed by atoms with E-state index >= 15 is 0 Å². The molecular weight excluding hydrogens is 935 g/mol. The summed E-state index contributed by atoms with van der Waals surface area (Å²) in [5, 5.41) is 54.3. The highest BCUT2D eigenvalue weighted by Crippen LogP contribution is 2.23. The summed E-state index contributed by atoms with van der Waals surface area (Å²) in [7, 11) is 0. The van der Waals surface area contributed by atoms with Crippen LogP contribution in [0.15, 0.2) is 122 Å². The maximum absolute atomic E-state index is 13.0. The van der Waals surface area contributed by atoms with Gasteiger partial charge in [-0.1, -0.05) is 251 Å². The molecule has 7 unspecified atom stereocenters. The first-order chi connectivity index (χ1) is 36.8. The molecule has 0 aliphatic carbocycles. The molecule has 7 atom stereocenters. The molecule has 1 saturated heterocycles. The highest BCUT2D eigenvalue weighted by atomic mass is 16.7. The molecule has 0 aromatic carbocycles. The summed E-state index contributed by atoms with van der Waals surface area (Å²) < 4.78 is 11.2. The van der Waals surface area contributed by atoms with Gasteiger partial charge in [-0.15, -0.1) is 0 Å². The molecule has 0 aromatic heterocycles. The Bertz CT molecular complexity index is 1590. The van der Waals surface area contributed by atoms with E-state index in [0.717, 1.165) is 103 Å². The topological polar surface area (TPSA) is 149 Å². The van der Waals surface area contributed by atoms with Crippen LogP contribution in [0.2, 0.25) is 0 Å². The number of carbonyl (C=O) groups is 1. The van der Waals surface area contributed by atoms with Gasteiger partial charge in [0.15, 0.2) is 6.29 Å². The molecule has 1 fully saturated rings. The predicted molar refractivity (Wildman–Crippen MR) is 317 cm³/mol. The Kier molecular flexibility index (Phi) is 50.1. The zero-order valence-corrected chi connectivity index (χ0v) is 47.5. The van der Waals surface area contributed by atoms with Crippen LogP contribution < -0.4 is 5.32 Å². The second kappa shape index (κ2) is 54.0. The summed E-state index contributed by atoms with van der Waals surface area (Å²) in [6, 6.07) is -0.831. The number of hydrogen-bond donors (Lipinski definition) is 6. The molecule has 1 amide bonds. The summed E-state index contributed by atoms with van der Waals surface area (Å²) in [6.45, 7) is 3.55. The number of unbranched alkanes of at least 4 members (excludes halogenated alkanes) is 22. The van der Waals surface area contributed by atoms with E-state index in [2.05, 4.69) is 129 Å². The Hall–Kier alpha value is -3.41. The lowest BCUT2D eigenvalue weighted by atomic mass is 9.99. The molecule has 1 aliphatic rings. The van der Waals surface area contributed by atoms with E-state index in [1.807, 2.05) is 6.08 Å². The van der Waals surface area contributed by atoms with Crippen LogP contribution in [0.4, 0.5) is 0 Å². The molecule has 0 spiro atoms. The van der Waals surface area contributed by atoms with E-state index in [1.54, 1.807) is 6.08 Å². The number of nitrogens with one attached hydrogen (secondary N) is 1. The standard InChI is InChI=1S/C66H111NO8/c1-3-5-7-9-11-13-15-16-17-18-19-20-21-22-23-24-25-26-27-28-29-30-31-32-33-34-35-36-37-38-39-40-41-42-43-44-46-48-50-52-54-56-62(70)67-59(58-74-66-65(73)64(72)63(71)61(57-68)75-66)60(69)55-53-51-49-47-45-14-12-10-8-6-4-2/h5,7-8,10-11,13,16-17,19-20,22-23,25-26,28-29,45,47,53,55,59-61,63-66,68-69,71-73H,3-4,6,9,12,14-15,18,21,24,27,30-44,46,48-52,54,56-58H2,1-2H3,(H,67,70)/b7-5-,10-8+,13-11-,17-16-,20-19-,23-22-,26-25-,29-28-,47-45+,55-53+. The summed E-state index contributed by atoms with van der Waals surface area (Å²) in [5.41, 5.74) is 0. The highest BCUT2D eigenvalue weighted by Gasteiger charge is 2.44. The fraction of sp³-hybridized carbons (Fsp3) is 0.682. The molecule has 9 heteroatoms. The van der Waals surface area contributed by atoms with Crippen LogP contribution in [0.25, 0.3) is 0 Å². The maximum Gasteiger partial charge on any atom is 0.220 e. The van der Waals surface area contributed by atoms with Crippen molar-refractivity contribution in [1.29, 1.82) is 0 Å². The van der Waals surface area contributed by atoms with E-state index in [4.69, 9.17) is 9.47 Å². The van der Waals surface area contributed by atoms with Crippen LogP contribution in [-0.2, 0) is 14.3 Å². The second-order valence-electron chi connectivity index (χ2n) is 20.4. The molecule has 0 aromatic rings. The van der Waals surface area contributed by atoms with Crippen molar-refractivity contribution in [2.24, 2.45) is 0 Å². The fourth-order valence-electron chi connectivity index (χ4n) is 8.76. The Morgan fingerprint density at radius 1 is 0.467 bits per heavy atom. The Morgan fingerprint density at radius 3 is 1.27 bits per heavy atom. The van der Waals surface area contributed by atoms with Gasteiger partial charge in [0, 0.05) is 6.42 Å². The third-order valence-corrected chi connectivity index (χ3v) is 13.5. The summed E-state index contributed by atoms with van der Waals surface area (Å²) in [6.07, 6.45) is 74.5. The van der Waals surface area contributed by atoms with Crippen LogP contribution in [0.5, 0.6) is 0 Å². The summed E-state index contributed by atoms with van der Waals surface area (Å²) in [5.74, 6) is -0.195. The number of hydrogen-bond acceptors (Lipinski definition) is 8.